The first kappa shape index (κ1) is 5.34. The van der Waals surface area contributed by atoms with Crippen LogP contribution in [0.15, 0.2) is 12.3 Å². The molecule has 0 bridgehead atoms. The van der Waals surface area contributed by atoms with Crippen LogP contribution in [0.3, 0.4) is 0 Å². The Morgan fingerprint density at radius 2 is 2.30 bits per heavy atom. The van der Waals surface area contributed by atoms with Gasteiger partial charge in [0.05, 0.1) is 5.69 Å². The summed E-state index contributed by atoms with van der Waals surface area (Å²) in [5.74, 6) is 0. The molecule has 2 aromatic rings. The molecule has 0 aromatic carbocycles. The lowest BCUT2D eigenvalue weighted by molar-refractivity contribution is 0.865. The molecule has 0 amide bonds. The molecular formula is C6H6N4. The number of aromatic nitrogens is 4. The normalized spacial score (nSPS) is 10.5. The SMILES string of the molecule is Cc1nnnc2[nH]ccc12. The molecule has 0 fully saturated rings. The third kappa shape index (κ3) is 0.586. The average molecular weight is 134 g/mol. The fourth-order valence-corrected chi connectivity index (χ4v) is 0.923. The van der Waals surface area contributed by atoms with E-state index in [9.17, 15) is 0 Å². The largest absolute Gasteiger partial charge is 0.345 e. The van der Waals surface area contributed by atoms with Gasteiger partial charge in [0.2, 0.25) is 0 Å². The summed E-state index contributed by atoms with van der Waals surface area (Å²) in [6.45, 7) is 1.91. The Morgan fingerprint density at radius 3 is 3.10 bits per heavy atom. The van der Waals surface area contributed by atoms with Crippen molar-refractivity contribution in [3.8, 4) is 0 Å². The van der Waals surface area contributed by atoms with Crippen molar-refractivity contribution in [2.75, 3.05) is 0 Å². The summed E-state index contributed by atoms with van der Waals surface area (Å²) < 4.78 is 0. The maximum atomic E-state index is 3.80. The Hall–Kier alpha value is -1.45. The second-order valence-corrected chi connectivity index (χ2v) is 2.11. The zero-order chi connectivity index (χ0) is 6.97. The molecule has 0 aliphatic rings. The van der Waals surface area contributed by atoms with Crippen LogP contribution in [-0.4, -0.2) is 20.4 Å². The molecule has 0 saturated heterocycles. The topological polar surface area (TPSA) is 54.5 Å². The van der Waals surface area contributed by atoms with E-state index in [1.54, 1.807) is 0 Å². The van der Waals surface area contributed by atoms with Crippen molar-refractivity contribution < 1.29 is 0 Å². The maximum absolute atomic E-state index is 3.80. The quantitative estimate of drug-likeness (QED) is 0.575. The number of nitrogens with zero attached hydrogens (tertiary/aromatic N) is 3. The van der Waals surface area contributed by atoms with Gasteiger partial charge in [-0.1, -0.05) is 0 Å². The number of aromatic amines is 1. The summed E-state index contributed by atoms with van der Waals surface area (Å²) in [6.07, 6.45) is 1.83. The smallest absolute Gasteiger partial charge is 0.163 e. The predicted molar refractivity (Wildman–Crippen MR) is 36.4 cm³/mol. The van der Waals surface area contributed by atoms with Gasteiger partial charge in [-0.2, -0.15) is 0 Å². The molecule has 0 atom stereocenters. The Balaban J connectivity index is 2.95. The lowest BCUT2D eigenvalue weighted by Gasteiger charge is -1.88. The van der Waals surface area contributed by atoms with Crippen LogP contribution in [0.4, 0.5) is 0 Å². The van der Waals surface area contributed by atoms with E-state index in [1.807, 2.05) is 19.2 Å². The predicted octanol–water partition coefficient (Wildman–Crippen LogP) is 0.661. The van der Waals surface area contributed by atoms with Crippen LogP contribution in [0.2, 0.25) is 0 Å². The second-order valence-electron chi connectivity index (χ2n) is 2.11. The van der Waals surface area contributed by atoms with E-state index in [0.717, 1.165) is 16.7 Å². The molecule has 4 heteroatoms. The number of H-pyrrole nitrogens is 1. The van der Waals surface area contributed by atoms with Gasteiger partial charge in [-0.25, -0.2) is 0 Å². The van der Waals surface area contributed by atoms with E-state index in [4.69, 9.17) is 0 Å². The molecule has 0 spiro atoms. The van der Waals surface area contributed by atoms with Crippen molar-refractivity contribution in [1.29, 1.82) is 0 Å². The monoisotopic (exact) mass is 134 g/mol. The molecule has 1 N–H and O–H groups in total. The average Bonchev–Trinajstić information content (AvgIpc) is 2.36. The Morgan fingerprint density at radius 1 is 1.40 bits per heavy atom. The molecule has 0 saturated carbocycles. The van der Waals surface area contributed by atoms with E-state index in [0.29, 0.717) is 0 Å². The van der Waals surface area contributed by atoms with E-state index in [-0.39, 0.29) is 0 Å². The standard InChI is InChI=1S/C6H6N4/c1-4-5-2-3-7-6(5)9-10-8-4/h2-3H,1H3,(H,7,8,9). The molecule has 0 unspecified atom stereocenters. The highest BCUT2D eigenvalue weighted by Crippen LogP contribution is 2.09. The highest BCUT2D eigenvalue weighted by atomic mass is 15.3. The minimum atomic E-state index is 0.799. The van der Waals surface area contributed by atoms with Crippen LogP contribution < -0.4 is 0 Å². The van der Waals surface area contributed by atoms with Crippen molar-refractivity contribution in [2.45, 2.75) is 6.92 Å². The molecular weight excluding hydrogens is 128 g/mol. The van der Waals surface area contributed by atoms with Gasteiger partial charge in [-0.15, -0.1) is 10.2 Å². The van der Waals surface area contributed by atoms with Gasteiger partial charge in [0.25, 0.3) is 0 Å². The number of nitrogens with one attached hydrogen (secondary N) is 1. The van der Waals surface area contributed by atoms with Crippen LogP contribution in [0.1, 0.15) is 5.69 Å². The summed E-state index contributed by atoms with van der Waals surface area (Å²) in [6, 6.07) is 1.94. The van der Waals surface area contributed by atoms with Crippen molar-refractivity contribution in [3.05, 3.63) is 18.0 Å². The number of aryl methyl sites for hydroxylation is 1. The summed E-state index contributed by atoms with van der Waals surface area (Å²) in [5.41, 5.74) is 1.71. The third-order valence-corrected chi connectivity index (χ3v) is 1.45. The molecule has 2 heterocycles. The van der Waals surface area contributed by atoms with E-state index >= 15 is 0 Å². The summed E-state index contributed by atoms with van der Waals surface area (Å²) >= 11 is 0. The molecule has 50 valence electrons. The first-order chi connectivity index (χ1) is 4.88. The van der Waals surface area contributed by atoms with Crippen molar-refractivity contribution in [3.63, 3.8) is 0 Å². The van der Waals surface area contributed by atoms with Crippen molar-refractivity contribution in [1.82, 2.24) is 20.4 Å². The Bertz CT molecular complexity index is 351. The van der Waals surface area contributed by atoms with Gasteiger partial charge in [0, 0.05) is 11.6 Å². The van der Waals surface area contributed by atoms with Gasteiger partial charge >= 0.3 is 0 Å². The van der Waals surface area contributed by atoms with Gasteiger partial charge in [-0.3, -0.25) is 0 Å². The molecule has 2 aromatic heterocycles. The highest BCUT2D eigenvalue weighted by Gasteiger charge is 1.98. The molecule has 0 aliphatic carbocycles. The minimum Gasteiger partial charge on any atom is -0.345 e. The van der Waals surface area contributed by atoms with Gasteiger partial charge in [0.15, 0.2) is 5.65 Å². The zero-order valence-electron chi connectivity index (χ0n) is 5.50. The van der Waals surface area contributed by atoms with E-state index < -0.39 is 0 Å². The lowest BCUT2D eigenvalue weighted by atomic mass is 10.3. The first-order valence-electron chi connectivity index (χ1n) is 3.01. The zero-order valence-corrected chi connectivity index (χ0v) is 5.50. The van der Waals surface area contributed by atoms with Crippen molar-refractivity contribution in [2.24, 2.45) is 0 Å². The maximum Gasteiger partial charge on any atom is 0.163 e. The number of fused-ring (bicyclic) bond motifs is 1. The van der Waals surface area contributed by atoms with Crippen molar-refractivity contribution >= 4 is 11.0 Å². The summed E-state index contributed by atoms with van der Waals surface area (Å²) in [4.78, 5) is 2.95. The van der Waals surface area contributed by atoms with Crippen LogP contribution in [0.25, 0.3) is 11.0 Å². The molecule has 0 radical (unpaired) electrons. The Labute approximate surface area is 57.3 Å². The fourth-order valence-electron chi connectivity index (χ4n) is 0.923. The molecule has 4 nitrogen and oxygen atoms in total. The van der Waals surface area contributed by atoms with Crippen LogP contribution in [0.5, 0.6) is 0 Å². The lowest BCUT2D eigenvalue weighted by Crippen LogP contribution is -1.90. The second kappa shape index (κ2) is 1.76. The highest BCUT2D eigenvalue weighted by molar-refractivity contribution is 5.76. The van der Waals surface area contributed by atoms with Gasteiger partial charge < -0.3 is 4.98 Å². The number of hydrogen-bond acceptors (Lipinski definition) is 3. The number of hydrogen-bond donors (Lipinski definition) is 1. The first-order valence-corrected chi connectivity index (χ1v) is 3.01. The molecule has 2 rings (SSSR count). The Kier molecular flexibility index (Phi) is 0.943. The minimum absolute atomic E-state index is 0.799. The molecule has 0 aliphatic heterocycles. The summed E-state index contributed by atoms with van der Waals surface area (Å²) in [5, 5.41) is 12.2. The van der Waals surface area contributed by atoms with Crippen LogP contribution >= 0.6 is 0 Å². The molecule has 10 heavy (non-hydrogen) atoms. The number of rotatable bonds is 0. The van der Waals surface area contributed by atoms with E-state index in [2.05, 4.69) is 20.4 Å². The van der Waals surface area contributed by atoms with Gasteiger partial charge in [0.1, 0.15) is 0 Å². The van der Waals surface area contributed by atoms with Crippen LogP contribution in [0, 0.1) is 6.92 Å². The fraction of sp³-hybridized carbons (Fsp3) is 0.167. The third-order valence-electron chi connectivity index (χ3n) is 1.45. The van der Waals surface area contributed by atoms with E-state index in [1.165, 1.54) is 0 Å². The van der Waals surface area contributed by atoms with Gasteiger partial charge in [-0.05, 0) is 18.2 Å². The van der Waals surface area contributed by atoms with Crippen LogP contribution in [-0.2, 0) is 0 Å². The summed E-state index contributed by atoms with van der Waals surface area (Å²) in [7, 11) is 0.